The van der Waals surface area contributed by atoms with Gasteiger partial charge in [-0.15, -0.1) is 22.7 Å². The van der Waals surface area contributed by atoms with Gasteiger partial charge in [-0.3, -0.25) is 9.36 Å². The SMILES string of the molecule is COc1ccc(-c2nc(CSc3nc4sc(C)c(C)c4c(=O)n3C)cs2)cc1. The van der Waals surface area contributed by atoms with Crippen molar-refractivity contribution in [2.75, 3.05) is 7.11 Å². The lowest BCUT2D eigenvalue weighted by Gasteiger charge is -2.06. The average Bonchev–Trinajstić information content (AvgIpc) is 3.28. The smallest absolute Gasteiger partial charge is 0.262 e. The van der Waals surface area contributed by atoms with Crippen LogP contribution in [0.1, 0.15) is 16.1 Å². The van der Waals surface area contributed by atoms with E-state index in [4.69, 9.17) is 14.7 Å². The molecule has 0 aliphatic carbocycles. The highest BCUT2D eigenvalue weighted by molar-refractivity contribution is 7.98. The number of thioether (sulfide) groups is 1. The van der Waals surface area contributed by atoms with Crippen LogP contribution in [-0.4, -0.2) is 21.6 Å². The predicted octanol–water partition coefficient (Wildman–Crippen LogP) is 5.04. The van der Waals surface area contributed by atoms with E-state index in [9.17, 15) is 4.79 Å². The molecule has 0 radical (unpaired) electrons. The van der Waals surface area contributed by atoms with Gasteiger partial charge in [-0.2, -0.15) is 0 Å². The van der Waals surface area contributed by atoms with E-state index in [1.807, 2.05) is 38.1 Å². The van der Waals surface area contributed by atoms with E-state index in [0.29, 0.717) is 5.75 Å². The minimum atomic E-state index is 0.0200. The Labute approximate surface area is 175 Å². The second-order valence-electron chi connectivity index (χ2n) is 6.38. The number of nitrogens with zero attached hydrogens (tertiary/aromatic N) is 3. The number of fused-ring (bicyclic) bond motifs is 1. The number of ether oxygens (including phenoxy) is 1. The highest BCUT2D eigenvalue weighted by Crippen LogP contribution is 2.31. The fourth-order valence-corrected chi connectivity index (χ4v) is 5.73. The molecule has 0 saturated carbocycles. The van der Waals surface area contributed by atoms with Gasteiger partial charge in [0.2, 0.25) is 0 Å². The van der Waals surface area contributed by atoms with Gasteiger partial charge in [-0.05, 0) is 43.7 Å². The molecule has 4 rings (SSSR count). The summed E-state index contributed by atoms with van der Waals surface area (Å²) in [6.07, 6.45) is 0. The van der Waals surface area contributed by atoms with Crippen LogP contribution in [0, 0.1) is 13.8 Å². The second-order valence-corrected chi connectivity index (χ2v) is 9.39. The predicted molar refractivity (Wildman–Crippen MR) is 118 cm³/mol. The van der Waals surface area contributed by atoms with E-state index in [1.165, 1.54) is 0 Å². The van der Waals surface area contributed by atoms with Crippen LogP contribution in [0.3, 0.4) is 0 Å². The summed E-state index contributed by atoms with van der Waals surface area (Å²) in [5.41, 5.74) is 3.10. The summed E-state index contributed by atoms with van der Waals surface area (Å²) in [4.78, 5) is 24.1. The van der Waals surface area contributed by atoms with Gasteiger partial charge in [0, 0.05) is 28.6 Å². The number of thiazole rings is 1. The highest BCUT2D eigenvalue weighted by atomic mass is 32.2. The van der Waals surface area contributed by atoms with E-state index >= 15 is 0 Å². The fourth-order valence-electron chi connectivity index (χ4n) is 2.86. The molecule has 0 atom stereocenters. The molecule has 5 nitrogen and oxygen atoms in total. The Hall–Kier alpha value is -2.16. The number of hydrogen-bond acceptors (Lipinski definition) is 7. The van der Waals surface area contributed by atoms with E-state index in [2.05, 4.69) is 5.38 Å². The number of rotatable bonds is 5. The first-order valence-electron chi connectivity index (χ1n) is 8.66. The van der Waals surface area contributed by atoms with Gasteiger partial charge >= 0.3 is 0 Å². The van der Waals surface area contributed by atoms with Crippen molar-refractivity contribution >= 4 is 44.7 Å². The topological polar surface area (TPSA) is 57.0 Å². The quantitative estimate of drug-likeness (QED) is 0.329. The van der Waals surface area contributed by atoms with Gasteiger partial charge in [0.1, 0.15) is 15.6 Å². The van der Waals surface area contributed by atoms with Gasteiger partial charge < -0.3 is 4.74 Å². The van der Waals surface area contributed by atoms with Gasteiger partial charge in [-0.1, -0.05) is 11.8 Å². The summed E-state index contributed by atoms with van der Waals surface area (Å²) in [7, 11) is 3.44. The monoisotopic (exact) mass is 429 g/mol. The first-order chi connectivity index (χ1) is 13.5. The summed E-state index contributed by atoms with van der Waals surface area (Å²) >= 11 is 4.74. The van der Waals surface area contributed by atoms with Crippen LogP contribution in [-0.2, 0) is 12.8 Å². The molecule has 0 amide bonds. The summed E-state index contributed by atoms with van der Waals surface area (Å²) in [6.45, 7) is 4.02. The average molecular weight is 430 g/mol. The molecular weight excluding hydrogens is 410 g/mol. The Morgan fingerprint density at radius 3 is 2.64 bits per heavy atom. The molecule has 0 spiro atoms. The van der Waals surface area contributed by atoms with Crippen molar-refractivity contribution in [1.82, 2.24) is 14.5 Å². The van der Waals surface area contributed by atoms with Crippen molar-refractivity contribution in [3.63, 3.8) is 0 Å². The third-order valence-corrected chi connectivity index (χ3v) is 7.71. The lowest BCUT2D eigenvalue weighted by molar-refractivity contribution is 0.415. The molecule has 0 unspecified atom stereocenters. The zero-order valence-electron chi connectivity index (χ0n) is 16.0. The molecule has 0 aliphatic heterocycles. The van der Waals surface area contributed by atoms with Gasteiger partial charge in [0.25, 0.3) is 5.56 Å². The highest BCUT2D eigenvalue weighted by Gasteiger charge is 2.15. The summed E-state index contributed by atoms with van der Waals surface area (Å²) in [5.74, 6) is 1.50. The first kappa shape index (κ1) is 19.2. The van der Waals surface area contributed by atoms with E-state index < -0.39 is 0 Å². The molecule has 0 saturated heterocycles. The third kappa shape index (κ3) is 3.47. The second kappa shape index (κ2) is 7.69. The zero-order valence-corrected chi connectivity index (χ0v) is 18.4. The molecule has 144 valence electrons. The molecule has 0 N–H and O–H groups in total. The normalized spacial score (nSPS) is 11.3. The Morgan fingerprint density at radius 2 is 1.93 bits per heavy atom. The van der Waals surface area contributed by atoms with Crippen LogP contribution < -0.4 is 10.3 Å². The molecular formula is C20H19N3O2S3. The van der Waals surface area contributed by atoms with Crippen molar-refractivity contribution in [1.29, 1.82) is 0 Å². The Kier molecular flexibility index (Phi) is 5.27. The molecule has 3 aromatic heterocycles. The van der Waals surface area contributed by atoms with Gasteiger partial charge in [0.15, 0.2) is 5.16 Å². The third-order valence-electron chi connectivity index (χ3n) is 4.61. The maximum atomic E-state index is 12.7. The zero-order chi connectivity index (χ0) is 19.8. The van der Waals surface area contributed by atoms with Crippen LogP contribution >= 0.6 is 34.4 Å². The summed E-state index contributed by atoms with van der Waals surface area (Å²) in [5, 5.41) is 4.49. The van der Waals surface area contributed by atoms with Crippen molar-refractivity contribution in [2.24, 2.45) is 7.05 Å². The van der Waals surface area contributed by atoms with E-state index in [1.54, 1.807) is 53.2 Å². The number of methoxy groups -OCH3 is 1. The van der Waals surface area contributed by atoms with Crippen LogP contribution in [0.2, 0.25) is 0 Å². The van der Waals surface area contributed by atoms with Crippen molar-refractivity contribution in [2.45, 2.75) is 24.8 Å². The molecule has 4 aromatic rings. The Morgan fingerprint density at radius 1 is 1.18 bits per heavy atom. The Bertz CT molecular complexity index is 1210. The van der Waals surface area contributed by atoms with E-state index in [-0.39, 0.29) is 5.56 Å². The van der Waals surface area contributed by atoms with Crippen LogP contribution in [0.15, 0.2) is 39.6 Å². The number of aromatic nitrogens is 3. The largest absolute Gasteiger partial charge is 0.497 e. The first-order valence-corrected chi connectivity index (χ1v) is 11.3. The lowest BCUT2D eigenvalue weighted by atomic mass is 10.2. The van der Waals surface area contributed by atoms with Crippen molar-refractivity contribution < 1.29 is 4.74 Å². The number of aryl methyl sites for hydroxylation is 2. The molecule has 3 heterocycles. The molecule has 0 aliphatic rings. The maximum Gasteiger partial charge on any atom is 0.262 e. The Balaban J connectivity index is 1.56. The van der Waals surface area contributed by atoms with Gasteiger partial charge in [0.05, 0.1) is 18.2 Å². The molecule has 8 heteroatoms. The molecule has 28 heavy (non-hydrogen) atoms. The minimum Gasteiger partial charge on any atom is -0.497 e. The lowest BCUT2D eigenvalue weighted by Crippen LogP contribution is -2.19. The molecule has 1 aromatic carbocycles. The minimum absolute atomic E-state index is 0.0200. The molecule has 0 fully saturated rings. The van der Waals surface area contributed by atoms with Crippen LogP contribution in [0.4, 0.5) is 0 Å². The van der Waals surface area contributed by atoms with Gasteiger partial charge in [-0.25, -0.2) is 9.97 Å². The van der Waals surface area contributed by atoms with Crippen LogP contribution in [0.5, 0.6) is 5.75 Å². The van der Waals surface area contributed by atoms with Crippen molar-refractivity contribution in [3.8, 4) is 16.3 Å². The number of benzene rings is 1. The number of hydrogen-bond donors (Lipinski definition) is 0. The van der Waals surface area contributed by atoms with Crippen LogP contribution in [0.25, 0.3) is 20.8 Å². The summed E-state index contributed by atoms with van der Waals surface area (Å²) in [6, 6.07) is 7.89. The van der Waals surface area contributed by atoms with E-state index in [0.717, 1.165) is 47.8 Å². The fraction of sp³-hybridized carbons (Fsp3) is 0.250. The standard InChI is InChI=1S/C20H19N3O2S3/c1-11-12(2)28-18-16(11)19(24)23(3)20(22-18)27-10-14-9-26-17(21-14)13-5-7-15(25-4)8-6-13/h5-9H,10H2,1-4H3. The maximum absolute atomic E-state index is 12.7. The number of thiophene rings is 1. The molecule has 0 bridgehead atoms. The summed E-state index contributed by atoms with van der Waals surface area (Å²) < 4.78 is 6.85. The van der Waals surface area contributed by atoms with Crippen molar-refractivity contribution in [3.05, 3.63) is 56.1 Å².